The first-order chi connectivity index (χ1) is 14.2. The Kier molecular flexibility index (Phi) is 6.59. The number of likely N-dealkylation sites (tertiary alicyclic amines) is 1. The van der Waals surface area contributed by atoms with E-state index < -0.39 is 0 Å². The van der Waals surface area contributed by atoms with Crippen molar-refractivity contribution in [1.82, 2.24) is 25.3 Å². The number of piperidine rings is 2. The van der Waals surface area contributed by atoms with Crippen molar-refractivity contribution >= 4 is 5.91 Å². The molecule has 1 amide bonds. The van der Waals surface area contributed by atoms with Crippen molar-refractivity contribution < 1.29 is 9.90 Å². The Bertz CT molecular complexity index is 807. The number of amides is 1. The average molecular weight is 398 g/mol. The zero-order chi connectivity index (χ0) is 20.1. The van der Waals surface area contributed by atoms with Crippen LogP contribution in [-0.2, 0) is 13.1 Å². The molecule has 0 aliphatic carbocycles. The van der Waals surface area contributed by atoms with Gasteiger partial charge >= 0.3 is 0 Å². The van der Waals surface area contributed by atoms with E-state index in [1.54, 1.807) is 6.07 Å². The van der Waals surface area contributed by atoms with Gasteiger partial charge < -0.3 is 15.7 Å². The molecule has 29 heavy (non-hydrogen) atoms. The summed E-state index contributed by atoms with van der Waals surface area (Å²) >= 11 is 0. The molecular formula is C22H31N5O2. The molecule has 4 rings (SSSR count). The van der Waals surface area contributed by atoms with Crippen molar-refractivity contribution in [3.63, 3.8) is 0 Å². The van der Waals surface area contributed by atoms with E-state index in [4.69, 9.17) is 0 Å². The van der Waals surface area contributed by atoms with Crippen LogP contribution in [0.25, 0.3) is 0 Å². The Morgan fingerprint density at radius 3 is 2.72 bits per heavy atom. The Balaban J connectivity index is 1.34. The van der Waals surface area contributed by atoms with E-state index in [-0.39, 0.29) is 12.0 Å². The minimum absolute atomic E-state index is 0.136. The summed E-state index contributed by atoms with van der Waals surface area (Å²) in [5.41, 5.74) is 2.82. The largest absolute Gasteiger partial charge is 0.393 e. The molecule has 0 spiro atoms. The highest BCUT2D eigenvalue weighted by Gasteiger charge is 2.19. The van der Waals surface area contributed by atoms with Crippen LogP contribution < -0.4 is 10.6 Å². The molecule has 1 atom stereocenters. The van der Waals surface area contributed by atoms with Crippen molar-refractivity contribution in [3.8, 4) is 0 Å². The summed E-state index contributed by atoms with van der Waals surface area (Å²) < 4.78 is 1.92. The molecule has 0 saturated carbocycles. The normalized spacial score (nSPS) is 21.2. The lowest BCUT2D eigenvalue weighted by Gasteiger charge is -2.30. The van der Waals surface area contributed by atoms with Crippen LogP contribution in [0, 0.1) is 0 Å². The summed E-state index contributed by atoms with van der Waals surface area (Å²) in [5.74, 6) is -0.136. The van der Waals surface area contributed by atoms with Crippen LogP contribution in [0.3, 0.4) is 0 Å². The Labute approximate surface area is 172 Å². The molecule has 3 heterocycles. The Hall–Kier alpha value is -2.22. The molecule has 2 aliphatic rings. The first-order valence-corrected chi connectivity index (χ1v) is 10.7. The van der Waals surface area contributed by atoms with Crippen LogP contribution in [0.4, 0.5) is 0 Å². The molecule has 0 bridgehead atoms. The summed E-state index contributed by atoms with van der Waals surface area (Å²) in [6, 6.07) is 10.4. The number of nitrogens with zero attached hydrogens (tertiary/aromatic N) is 3. The molecule has 1 unspecified atom stereocenters. The summed E-state index contributed by atoms with van der Waals surface area (Å²) in [6.45, 7) is 5.13. The Morgan fingerprint density at radius 2 is 1.97 bits per heavy atom. The lowest BCUT2D eigenvalue weighted by Crippen LogP contribution is -2.35. The SMILES string of the molecule is O=C(NCc1ccccc1CN1CCC(O)CC1)c1ccn(C2CCCNC2)n1. The number of aromatic nitrogens is 2. The van der Waals surface area contributed by atoms with E-state index in [0.717, 1.165) is 64.0 Å². The number of nitrogens with one attached hydrogen (secondary N) is 2. The van der Waals surface area contributed by atoms with Gasteiger partial charge in [-0.05, 0) is 49.4 Å². The highest BCUT2D eigenvalue weighted by molar-refractivity contribution is 5.92. The van der Waals surface area contributed by atoms with Gasteiger partial charge in [-0.2, -0.15) is 5.10 Å². The third-order valence-electron chi connectivity index (χ3n) is 5.99. The fourth-order valence-corrected chi connectivity index (χ4v) is 4.19. The highest BCUT2D eigenvalue weighted by atomic mass is 16.3. The van der Waals surface area contributed by atoms with Crippen LogP contribution in [0.15, 0.2) is 36.5 Å². The van der Waals surface area contributed by atoms with E-state index in [1.165, 1.54) is 5.56 Å². The van der Waals surface area contributed by atoms with Gasteiger partial charge in [0.1, 0.15) is 5.69 Å². The van der Waals surface area contributed by atoms with Gasteiger partial charge in [-0.3, -0.25) is 14.4 Å². The van der Waals surface area contributed by atoms with Gasteiger partial charge in [-0.15, -0.1) is 0 Å². The van der Waals surface area contributed by atoms with Crippen molar-refractivity contribution in [2.45, 2.75) is 50.9 Å². The number of hydrogen-bond donors (Lipinski definition) is 3. The fraction of sp³-hybridized carbons (Fsp3) is 0.545. The van der Waals surface area contributed by atoms with Gasteiger partial charge in [-0.1, -0.05) is 24.3 Å². The molecule has 7 heteroatoms. The molecule has 2 aliphatic heterocycles. The third-order valence-corrected chi connectivity index (χ3v) is 5.99. The van der Waals surface area contributed by atoms with Gasteiger partial charge in [0, 0.05) is 38.9 Å². The lowest BCUT2D eigenvalue weighted by atomic mass is 10.0. The minimum atomic E-state index is -0.162. The standard InChI is InChI=1S/C22H31N5O2/c28-20-7-11-26(12-8-20)16-18-5-2-1-4-17(18)14-24-22(29)21-9-13-27(25-21)19-6-3-10-23-15-19/h1-2,4-5,9,13,19-20,23,28H,3,6-8,10-12,14-16H2,(H,24,29). The molecule has 1 aromatic carbocycles. The van der Waals surface area contributed by atoms with Gasteiger partial charge in [0.05, 0.1) is 12.1 Å². The van der Waals surface area contributed by atoms with Gasteiger partial charge in [0.15, 0.2) is 0 Å². The van der Waals surface area contributed by atoms with Crippen LogP contribution in [-0.4, -0.2) is 58.0 Å². The topological polar surface area (TPSA) is 82.4 Å². The molecule has 2 aromatic rings. The molecule has 2 fully saturated rings. The summed E-state index contributed by atoms with van der Waals surface area (Å²) in [5, 5.41) is 20.6. The second-order valence-electron chi connectivity index (χ2n) is 8.14. The quantitative estimate of drug-likeness (QED) is 0.691. The maximum Gasteiger partial charge on any atom is 0.272 e. The van der Waals surface area contributed by atoms with E-state index in [2.05, 4.69) is 32.8 Å². The summed E-state index contributed by atoms with van der Waals surface area (Å²) in [4.78, 5) is 15.0. The average Bonchev–Trinajstić information content (AvgIpc) is 3.26. The monoisotopic (exact) mass is 397 g/mol. The molecule has 156 valence electrons. The zero-order valence-electron chi connectivity index (χ0n) is 16.9. The number of carbonyl (C=O) groups excluding carboxylic acids is 1. The molecule has 3 N–H and O–H groups in total. The molecule has 2 saturated heterocycles. The predicted molar refractivity (Wildman–Crippen MR) is 111 cm³/mol. The summed E-state index contributed by atoms with van der Waals surface area (Å²) in [6.07, 6.45) is 5.64. The number of rotatable bonds is 6. The second kappa shape index (κ2) is 9.52. The van der Waals surface area contributed by atoms with E-state index in [9.17, 15) is 9.90 Å². The maximum absolute atomic E-state index is 12.6. The van der Waals surface area contributed by atoms with E-state index in [0.29, 0.717) is 18.3 Å². The number of aliphatic hydroxyl groups is 1. The van der Waals surface area contributed by atoms with Crippen molar-refractivity contribution in [1.29, 1.82) is 0 Å². The molecule has 1 aromatic heterocycles. The van der Waals surface area contributed by atoms with Gasteiger partial charge in [0.2, 0.25) is 0 Å². The molecular weight excluding hydrogens is 366 g/mol. The fourth-order valence-electron chi connectivity index (χ4n) is 4.19. The van der Waals surface area contributed by atoms with E-state index in [1.807, 2.05) is 23.0 Å². The number of hydrogen-bond acceptors (Lipinski definition) is 5. The van der Waals surface area contributed by atoms with Gasteiger partial charge in [0.25, 0.3) is 5.91 Å². The zero-order valence-corrected chi connectivity index (χ0v) is 16.9. The molecule has 7 nitrogen and oxygen atoms in total. The number of carbonyl (C=O) groups is 1. The first-order valence-electron chi connectivity index (χ1n) is 10.7. The first kappa shape index (κ1) is 20.1. The third kappa shape index (κ3) is 5.23. The predicted octanol–water partition coefficient (Wildman–Crippen LogP) is 1.69. The Morgan fingerprint density at radius 1 is 1.17 bits per heavy atom. The minimum Gasteiger partial charge on any atom is -0.393 e. The van der Waals surface area contributed by atoms with E-state index >= 15 is 0 Å². The van der Waals surface area contributed by atoms with Crippen molar-refractivity contribution in [3.05, 3.63) is 53.3 Å². The number of aliphatic hydroxyl groups excluding tert-OH is 1. The number of benzene rings is 1. The molecule has 0 radical (unpaired) electrons. The van der Waals surface area contributed by atoms with Crippen molar-refractivity contribution in [2.24, 2.45) is 0 Å². The van der Waals surface area contributed by atoms with Crippen LogP contribution in [0.1, 0.15) is 53.3 Å². The van der Waals surface area contributed by atoms with Crippen LogP contribution >= 0.6 is 0 Å². The second-order valence-corrected chi connectivity index (χ2v) is 8.14. The lowest BCUT2D eigenvalue weighted by molar-refractivity contribution is 0.0790. The smallest absolute Gasteiger partial charge is 0.272 e. The van der Waals surface area contributed by atoms with Gasteiger partial charge in [-0.25, -0.2) is 0 Å². The van der Waals surface area contributed by atoms with Crippen LogP contribution in [0.5, 0.6) is 0 Å². The van der Waals surface area contributed by atoms with Crippen LogP contribution in [0.2, 0.25) is 0 Å². The van der Waals surface area contributed by atoms with Crippen molar-refractivity contribution in [2.75, 3.05) is 26.2 Å². The summed E-state index contributed by atoms with van der Waals surface area (Å²) in [7, 11) is 0. The highest BCUT2D eigenvalue weighted by Crippen LogP contribution is 2.18. The maximum atomic E-state index is 12.6.